The van der Waals surface area contributed by atoms with Crippen LogP contribution in [0.4, 0.5) is 0 Å². The zero-order valence-electron chi connectivity index (χ0n) is 12.0. The largest absolute Gasteiger partial charge is 0.370 e. The summed E-state index contributed by atoms with van der Waals surface area (Å²) in [5.41, 5.74) is 5.77. The van der Waals surface area contributed by atoms with Gasteiger partial charge >= 0.3 is 0 Å². The Kier molecular flexibility index (Phi) is 9.54. The van der Waals surface area contributed by atoms with Gasteiger partial charge in [-0.2, -0.15) is 0 Å². The van der Waals surface area contributed by atoms with Crippen molar-refractivity contribution in [3.05, 3.63) is 12.2 Å². The summed E-state index contributed by atoms with van der Waals surface area (Å²) in [6.45, 7) is 8.74. The molecule has 3 N–H and O–H groups in total. The van der Waals surface area contributed by atoms with Gasteiger partial charge in [0.25, 0.3) is 0 Å². The Morgan fingerprint density at radius 2 is 2.26 bits per heavy atom. The molecule has 0 unspecified atom stereocenters. The van der Waals surface area contributed by atoms with Gasteiger partial charge in [-0.3, -0.25) is 4.99 Å². The summed E-state index contributed by atoms with van der Waals surface area (Å²) in [6, 6.07) is 0. The summed E-state index contributed by atoms with van der Waals surface area (Å²) < 4.78 is 2.02. The van der Waals surface area contributed by atoms with Gasteiger partial charge < -0.3 is 15.6 Å². The molecule has 0 saturated carbocycles. The van der Waals surface area contributed by atoms with Crippen LogP contribution in [0.15, 0.2) is 11.3 Å². The lowest BCUT2D eigenvalue weighted by molar-refractivity contribution is 0.594. The van der Waals surface area contributed by atoms with Crippen LogP contribution in [0.2, 0.25) is 0 Å². The van der Waals surface area contributed by atoms with E-state index in [1.54, 1.807) is 6.33 Å². The van der Waals surface area contributed by atoms with Crippen LogP contribution in [0.5, 0.6) is 0 Å². The molecule has 6 nitrogen and oxygen atoms in total. The molecule has 0 bridgehead atoms. The number of nitrogens with two attached hydrogens (primary N) is 1. The van der Waals surface area contributed by atoms with Crippen molar-refractivity contribution >= 4 is 29.9 Å². The van der Waals surface area contributed by atoms with E-state index in [1.807, 2.05) is 4.57 Å². The van der Waals surface area contributed by atoms with Crippen LogP contribution in [0.3, 0.4) is 0 Å². The van der Waals surface area contributed by atoms with Gasteiger partial charge in [-0.25, -0.2) is 0 Å². The monoisotopic (exact) mass is 380 g/mol. The Labute approximate surface area is 132 Å². The normalized spacial score (nSPS) is 11.5. The van der Waals surface area contributed by atoms with Gasteiger partial charge in [0.05, 0.1) is 0 Å². The molecule has 110 valence electrons. The summed E-state index contributed by atoms with van der Waals surface area (Å²) >= 11 is 0. The number of aromatic nitrogens is 3. The third-order valence-electron chi connectivity index (χ3n) is 2.66. The molecule has 0 aliphatic rings. The highest BCUT2D eigenvalue weighted by atomic mass is 127. The highest BCUT2D eigenvalue weighted by Gasteiger charge is 2.00. The van der Waals surface area contributed by atoms with E-state index in [2.05, 4.69) is 41.3 Å². The summed E-state index contributed by atoms with van der Waals surface area (Å²) in [7, 11) is 0. The molecular formula is C12H25IN6. The first kappa shape index (κ1) is 18.1. The lowest BCUT2D eigenvalue weighted by Crippen LogP contribution is -2.34. The number of guanidine groups is 1. The molecule has 0 aliphatic heterocycles. The second kappa shape index (κ2) is 9.99. The quantitative estimate of drug-likeness (QED) is 0.426. The Hall–Kier alpha value is -0.860. The zero-order valence-corrected chi connectivity index (χ0v) is 14.3. The SMILES string of the molecule is CCc1nncn1CCNC(N)=NCCC(C)C.I. The van der Waals surface area contributed by atoms with Gasteiger partial charge in [-0.1, -0.05) is 20.8 Å². The fourth-order valence-electron chi connectivity index (χ4n) is 1.54. The van der Waals surface area contributed by atoms with E-state index < -0.39 is 0 Å². The van der Waals surface area contributed by atoms with Crippen LogP contribution in [-0.4, -0.2) is 33.8 Å². The highest BCUT2D eigenvalue weighted by Crippen LogP contribution is 1.98. The number of aryl methyl sites for hydroxylation is 1. The fourth-order valence-corrected chi connectivity index (χ4v) is 1.54. The second-order valence-corrected chi connectivity index (χ2v) is 4.67. The first-order valence-corrected chi connectivity index (χ1v) is 6.54. The molecule has 1 rings (SSSR count). The highest BCUT2D eigenvalue weighted by molar-refractivity contribution is 14.0. The minimum atomic E-state index is 0. The smallest absolute Gasteiger partial charge is 0.188 e. The third-order valence-corrected chi connectivity index (χ3v) is 2.66. The van der Waals surface area contributed by atoms with Gasteiger partial charge in [-0.05, 0) is 12.3 Å². The van der Waals surface area contributed by atoms with Crippen LogP contribution in [0.1, 0.15) is 33.0 Å². The maximum Gasteiger partial charge on any atom is 0.188 e. The minimum Gasteiger partial charge on any atom is -0.370 e. The van der Waals surface area contributed by atoms with Crippen molar-refractivity contribution in [2.75, 3.05) is 13.1 Å². The molecule has 0 spiro atoms. The van der Waals surface area contributed by atoms with Crippen molar-refractivity contribution in [1.82, 2.24) is 20.1 Å². The molecule has 0 atom stereocenters. The summed E-state index contributed by atoms with van der Waals surface area (Å²) in [5, 5.41) is 11.0. The molecule has 1 aromatic rings. The third kappa shape index (κ3) is 7.34. The second-order valence-electron chi connectivity index (χ2n) is 4.67. The van der Waals surface area contributed by atoms with Crippen LogP contribution >= 0.6 is 24.0 Å². The average Bonchev–Trinajstić information content (AvgIpc) is 2.76. The maximum atomic E-state index is 5.77. The number of hydrogen-bond acceptors (Lipinski definition) is 3. The number of halogens is 1. The molecule has 0 radical (unpaired) electrons. The fraction of sp³-hybridized carbons (Fsp3) is 0.750. The Morgan fingerprint density at radius 1 is 1.53 bits per heavy atom. The van der Waals surface area contributed by atoms with E-state index in [-0.39, 0.29) is 24.0 Å². The predicted octanol–water partition coefficient (Wildman–Crippen LogP) is 1.41. The van der Waals surface area contributed by atoms with Crippen molar-refractivity contribution < 1.29 is 0 Å². The number of aliphatic imine (C=N–C) groups is 1. The van der Waals surface area contributed by atoms with Gasteiger partial charge in [0.15, 0.2) is 5.96 Å². The van der Waals surface area contributed by atoms with E-state index in [0.29, 0.717) is 11.9 Å². The molecule has 1 aromatic heterocycles. The molecule has 0 fully saturated rings. The van der Waals surface area contributed by atoms with E-state index in [1.165, 1.54) is 0 Å². The lowest BCUT2D eigenvalue weighted by Gasteiger charge is -2.08. The van der Waals surface area contributed by atoms with Crippen molar-refractivity contribution in [3.63, 3.8) is 0 Å². The standard InChI is InChI=1S/C12H24N6.HI/c1-4-11-17-16-9-18(11)8-7-15-12(13)14-6-5-10(2)3;/h9-10H,4-8H2,1-3H3,(H3,13,14,15);1H. The van der Waals surface area contributed by atoms with Crippen LogP contribution in [-0.2, 0) is 13.0 Å². The van der Waals surface area contributed by atoms with Crippen molar-refractivity contribution in [2.45, 2.75) is 40.2 Å². The molecule has 0 amide bonds. The lowest BCUT2D eigenvalue weighted by atomic mass is 10.1. The minimum absolute atomic E-state index is 0. The van der Waals surface area contributed by atoms with E-state index in [0.717, 1.165) is 38.3 Å². The number of nitrogens with one attached hydrogen (secondary N) is 1. The predicted molar refractivity (Wildman–Crippen MR) is 88.8 cm³/mol. The maximum absolute atomic E-state index is 5.77. The van der Waals surface area contributed by atoms with Gasteiger partial charge in [0.1, 0.15) is 12.2 Å². The molecule has 0 aromatic carbocycles. The summed E-state index contributed by atoms with van der Waals surface area (Å²) in [5.74, 6) is 2.17. The van der Waals surface area contributed by atoms with Crippen molar-refractivity contribution in [2.24, 2.45) is 16.6 Å². The summed E-state index contributed by atoms with van der Waals surface area (Å²) in [4.78, 5) is 4.27. The van der Waals surface area contributed by atoms with Crippen molar-refractivity contribution in [3.8, 4) is 0 Å². The van der Waals surface area contributed by atoms with Crippen LogP contribution in [0.25, 0.3) is 0 Å². The Balaban J connectivity index is 0.00000324. The molecule has 0 aliphatic carbocycles. The number of nitrogens with zero attached hydrogens (tertiary/aromatic N) is 4. The van der Waals surface area contributed by atoms with Crippen molar-refractivity contribution in [1.29, 1.82) is 0 Å². The van der Waals surface area contributed by atoms with Gasteiger partial charge in [0.2, 0.25) is 0 Å². The molecular weight excluding hydrogens is 355 g/mol. The zero-order chi connectivity index (χ0) is 13.4. The summed E-state index contributed by atoms with van der Waals surface area (Å²) in [6.07, 6.45) is 3.69. The average molecular weight is 380 g/mol. The first-order chi connectivity index (χ1) is 8.63. The molecule has 1 heterocycles. The number of rotatable bonds is 7. The van der Waals surface area contributed by atoms with Crippen LogP contribution in [0, 0.1) is 5.92 Å². The number of hydrogen-bond donors (Lipinski definition) is 2. The van der Waals surface area contributed by atoms with E-state index in [9.17, 15) is 0 Å². The van der Waals surface area contributed by atoms with Crippen LogP contribution < -0.4 is 11.1 Å². The van der Waals surface area contributed by atoms with E-state index >= 15 is 0 Å². The molecule has 7 heteroatoms. The first-order valence-electron chi connectivity index (χ1n) is 6.54. The van der Waals surface area contributed by atoms with Gasteiger partial charge in [0, 0.05) is 26.1 Å². The van der Waals surface area contributed by atoms with Gasteiger partial charge in [-0.15, -0.1) is 34.2 Å². The Morgan fingerprint density at radius 3 is 2.89 bits per heavy atom. The van der Waals surface area contributed by atoms with E-state index in [4.69, 9.17) is 5.73 Å². The molecule has 0 saturated heterocycles. The molecule has 19 heavy (non-hydrogen) atoms. The Bertz CT molecular complexity index is 374. The topological polar surface area (TPSA) is 81.1 Å².